The molecule has 1 N–H and O–H groups in total. The summed E-state index contributed by atoms with van der Waals surface area (Å²) in [6, 6.07) is 0. The highest BCUT2D eigenvalue weighted by molar-refractivity contribution is 5.94. The van der Waals surface area contributed by atoms with Crippen LogP contribution in [0.25, 0.3) is 0 Å². The first kappa shape index (κ1) is 9.25. The lowest BCUT2D eigenvalue weighted by Gasteiger charge is -2.30. The Morgan fingerprint density at radius 3 is 2.13 bits per heavy atom. The molecule has 7 nitrogen and oxygen atoms in total. The van der Waals surface area contributed by atoms with E-state index in [0.717, 1.165) is 24.5 Å². The normalized spacial score (nSPS) is 22.5. The fourth-order valence-electron chi connectivity index (χ4n) is 0.996. The van der Waals surface area contributed by atoms with Crippen LogP contribution in [0.2, 0.25) is 0 Å². The van der Waals surface area contributed by atoms with Crippen molar-refractivity contribution in [2.75, 3.05) is 0 Å². The van der Waals surface area contributed by atoms with Gasteiger partial charge in [0.2, 0.25) is 0 Å². The van der Waals surface area contributed by atoms with E-state index in [-0.39, 0.29) is 0 Å². The van der Waals surface area contributed by atoms with Crippen molar-refractivity contribution < 1.29 is 28.6 Å². The molecule has 0 aliphatic carbocycles. The Morgan fingerprint density at radius 2 is 1.60 bits per heavy atom. The monoisotopic (exact) mass is 211 g/mol. The molecule has 2 rings (SSSR count). The lowest BCUT2D eigenvalue weighted by atomic mass is 10.5. The zero-order valence-corrected chi connectivity index (χ0v) is 7.26. The molecule has 0 radical (unpaired) electrons. The summed E-state index contributed by atoms with van der Waals surface area (Å²) >= 11 is 0. The predicted octanol–water partition coefficient (Wildman–Crippen LogP) is -1.09. The second kappa shape index (κ2) is 3.12. The van der Waals surface area contributed by atoms with Crippen LogP contribution in [-0.4, -0.2) is 23.9 Å². The van der Waals surface area contributed by atoms with Gasteiger partial charge in [-0.15, -0.1) is 0 Å². The van der Waals surface area contributed by atoms with Crippen molar-refractivity contribution in [1.29, 1.82) is 0 Å². The molecular formula is C8H5NO6. The van der Waals surface area contributed by atoms with Gasteiger partial charge in [0.1, 0.15) is 0 Å². The molecule has 7 heteroatoms. The summed E-state index contributed by atoms with van der Waals surface area (Å²) in [6.45, 7) is 0. The summed E-state index contributed by atoms with van der Waals surface area (Å²) in [6.07, 6.45) is 1.55. The van der Waals surface area contributed by atoms with Crippen molar-refractivity contribution in [3.63, 3.8) is 0 Å². The molecule has 0 atom stereocenters. The quantitative estimate of drug-likeness (QED) is 0.512. The van der Waals surface area contributed by atoms with Crippen LogP contribution < -0.4 is 5.32 Å². The smallest absolute Gasteiger partial charge is 0.410 e. The average Bonchev–Trinajstić information content (AvgIpc) is 2.25. The Balaban J connectivity index is 2.28. The van der Waals surface area contributed by atoms with Gasteiger partial charge in [0.15, 0.2) is 0 Å². The number of rotatable bonds is 0. The van der Waals surface area contributed by atoms with Gasteiger partial charge in [0.05, 0.1) is 6.26 Å². The third-order valence-corrected chi connectivity index (χ3v) is 1.54. The van der Waals surface area contributed by atoms with Gasteiger partial charge >= 0.3 is 18.0 Å². The van der Waals surface area contributed by atoms with Crippen LogP contribution in [0, 0.1) is 0 Å². The molecule has 0 saturated carbocycles. The molecule has 1 spiro atoms. The Labute approximate surface area is 83.3 Å². The molecule has 0 fully saturated rings. The number of nitrogens with one attached hydrogen (secondary N) is 1. The van der Waals surface area contributed by atoms with Gasteiger partial charge in [-0.1, -0.05) is 0 Å². The fraction of sp³-hybridized carbons (Fsp3) is 0.125. The summed E-state index contributed by atoms with van der Waals surface area (Å²) in [5, 5.41) is 2.06. The van der Waals surface area contributed by atoms with E-state index in [0.29, 0.717) is 0 Å². The van der Waals surface area contributed by atoms with Crippen LogP contribution in [0.1, 0.15) is 0 Å². The first-order valence-corrected chi connectivity index (χ1v) is 3.90. The van der Waals surface area contributed by atoms with Crippen molar-refractivity contribution in [3.05, 3.63) is 24.5 Å². The molecule has 0 saturated heterocycles. The third kappa shape index (κ3) is 1.80. The highest BCUT2D eigenvalue weighted by Gasteiger charge is 2.45. The lowest BCUT2D eigenvalue weighted by molar-refractivity contribution is -0.335. The summed E-state index contributed by atoms with van der Waals surface area (Å²) in [5.41, 5.74) is 0. The molecule has 1 amide bonds. The molecule has 0 aromatic heterocycles. The molecule has 2 aliphatic heterocycles. The van der Waals surface area contributed by atoms with E-state index < -0.39 is 23.9 Å². The number of carbonyl (C=O) groups excluding carboxylic acids is 3. The number of hydrogen-bond donors (Lipinski definition) is 1. The zero-order valence-electron chi connectivity index (χ0n) is 7.26. The van der Waals surface area contributed by atoms with Crippen molar-refractivity contribution in [1.82, 2.24) is 5.32 Å². The molecule has 2 heterocycles. The van der Waals surface area contributed by atoms with Crippen molar-refractivity contribution in [3.8, 4) is 0 Å². The molecular weight excluding hydrogens is 206 g/mol. The van der Waals surface area contributed by atoms with Crippen LogP contribution >= 0.6 is 0 Å². The SMILES string of the molecule is O=C1C=COC2(N1)OC(=O)C=CC(=O)O2. The first-order chi connectivity index (χ1) is 7.10. The van der Waals surface area contributed by atoms with Crippen LogP contribution in [0.3, 0.4) is 0 Å². The minimum Gasteiger partial charge on any atom is -0.410 e. The number of ether oxygens (including phenoxy) is 3. The molecule has 0 aromatic rings. The highest BCUT2D eigenvalue weighted by Crippen LogP contribution is 2.18. The van der Waals surface area contributed by atoms with Crippen LogP contribution in [-0.2, 0) is 28.6 Å². The van der Waals surface area contributed by atoms with E-state index in [1.165, 1.54) is 0 Å². The third-order valence-electron chi connectivity index (χ3n) is 1.54. The van der Waals surface area contributed by atoms with E-state index in [4.69, 9.17) is 4.74 Å². The second-order valence-electron chi connectivity index (χ2n) is 2.64. The number of esters is 2. The highest BCUT2D eigenvalue weighted by atomic mass is 16.9. The van der Waals surface area contributed by atoms with Crippen LogP contribution in [0.15, 0.2) is 24.5 Å². The fourth-order valence-corrected chi connectivity index (χ4v) is 0.996. The maximum absolute atomic E-state index is 11.0. The minimum atomic E-state index is -2.19. The number of amides is 1. The van der Waals surface area contributed by atoms with Gasteiger partial charge < -0.3 is 14.2 Å². The Kier molecular flexibility index (Phi) is 1.93. The summed E-state index contributed by atoms with van der Waals surface area (Å²) in [4.78, 5) is 33.0. The summed E-state index contributed by atoms with van der Waals surface area (Å²) in [7, 11) is 0. The maximum Gasteiger partial charge on any atom is 0.524 e. The van der Waals surface area contributed by atoms with E-state index in [9.17, 15) is 14.4 Å². The van der Waals surface area contributed by atoms with E-state index in [1.54, 1.807) is 0 Å². The van der Waals surface area contributed by atoms with E-state index >= 15 is 0 Å². The molecule has 0 unspecified atom stereocenters. The number of carbonyl (C=O) groups is 3. The van der Waals surface area contributed by atoms with Gasteiger partial charge in [0, 0.05) is 18.2 Å². The van der Waals surface area contributed by atoms with Crippen molar-refractivity contribution in [2.45, 2.75) is 6.10 Å². The Hall–Kier alpha value is -2.31. The summed E-state index contributed by atoms with van der Waals surface area (Å²) in [5.74, 6) is -2.34. The second-order valence-corrected chi connectivity index (χ2v) is 2.64. The van der Waals surface area contributed by atoms with Crippen molar-refractivity contribution in [2.24, 2.45) is 0 Å². The molecule has 2 aliphatic rings. The molecule has 0 aromatic carbocycles. The largest absolute Gasteiger partial charge is 0.524 e. The van der Waals surface area contributed by atoms with Gasteiger partial charge in [-0.3, -0.25) is 4.79 Å². The van der Waals surface area contributed by atoms with Gasteiger partial charge in [-0.05, 0) is 0 Å². The van der Waals surface area contributed by atoms with Crippen LogP contribution in [0.4, 0.5) is 0 Å². The average molecular weight is 211 g/mol. The van der Waals surface area contributed by atoms with Gasteiger partial charge in [0.25, 0.3) is 5.91 Å². The Bertz CT molecular complexity index is 376. The molecule has 15 heavy (non-hydrogen) atoms. The Morgan fingerprint density at radius 1 is 1.00 bits per heavy atom. The van der Waals surface area contributed by atoms with E-state index in [2.05, 4.69) is 14.8 Å². The topological polar surface area (TPSA) is 90.9 Å². The van der Waals surface area contributed by atoms with Crippen molar-refractivity contribution >= 4 is 17.8 Å². The van der Waals surface area contributed by atoms with E-state index in [1.807, 2.05) is 0 Å². The molecule has 78 valence electrons. The summed E-state index contributed by atoms with van der Waals surface area (Å²) < 4.78 is 14.0. The predicted molar refractivity (Wildman–Crippen MR) is 42.4 cm³/mol. The van der Waals surface area contributed by atoms with Gasteiger partial charge in [-0.25, -0.2) is 14.9 Å². The maximum atomic E-state index is 11.0. The van der Waals surface area contributed by atoms with Gasteiger partial charge in [-0.2, -0.15) is 0 Å². The van der Waals surface area contributed by atoms with Crippen LogP contribution in [0.5, 0.6) is 0 Å². The lowest BCUT2D eigenvalue weighted by Crippen LogP contribution is -2.56. The standard InChI is InChI=1S/C8H5NO6/c10-5-3-4-13-8(9-5)14-6(11)1-2-7(12)15-8/h1-4H,(H,9,10). The first-order valence-electron chi connectivity index (χ1n) is 3.90. The zero-order chi connectivity index (χ0) is 10.9. The molecule has 0 bridgehead atoms. The minimum absolute atomic E-state index is 0.608. The number of hydrogen-bond acceptors (Lipinski definition) is 6.